The van der Waals surface area contributed by atoms with Gasteiger partial charge in [0.05, 0.1) is 12.4 Å². The Hall–Kier alpha value is -2.63. The third-order valence-electron chi connectivity index (χ3n) is 5.77. The lowest BCUT2D eigenvalue weighted by Crippen LogP contribution is -2.49. The fourth-order valence-electron chi connectivity index (χ4n) is 4.11. The van der Waals surface area contributed by atoms with Crippen LogP contribution < -0.4 is 10.2 Å². The molecular weight excluding hydrogens is 350 g/mol. The molecule has 1 amide bonds. The summed E-state index contributed by atoms with van der Waals surface area (Å²) in [5.74, 6) is 0.749. The van der Waals surface area contributed by atoms with Crippen molar-refractivity contribution in [2.24, 2.45) is 0 Å². The molecule has 0 bridgehead atoms. The van der Waals surface area contributed by atoms with Crippen LogP contribution in [0.5, 0.6) is 0 Å². The van der Waals surface area contributed by atoms with Crippen molar-refractivity contribution in [1.82, 2.24) is 14.9 Å². The van der Waals surface area contributed by atoms with Crippen LogP contribution in [0.25, 0.3) is 0 Å². The van der Waals surface area contributed by atoms with Crippen molar-refractivity contribution in [1.29, 1.82) is 0 Å². The monoisotopic (exact) mass is 379 g/mol. The summed E-state index contributed by atoms with van der Waals surface area (Å²) in [6.45, 7) is 3.09. The van der Waals surface area contributed by atoms with E-state index in [0.717, 1.165) is 18.9 Å². The summed E-state index contributed by atoms with van der Waals surface area (Å²) < 4.78 is 0. The summed E-state index contributed by atoms with van der Waals surface area (Å²) >= 11 is 0. The lowest BCUT2D eigenvalue weighted by molar-refractivity contribution is 0.0740. The first-order valence-electron chi connectivity index (χ1n) is 10.5. The third-order valence-corrected chi connectivity index (χ3v) is 5.77. The van der Waals surface area contributed by atoms with E-state index in [1.807, 2.05) is 23.1 Å². The average molecular weight is 380 g/mol. The predicted molar refractivity (Wildman–Crippen MR) is 112 cm³/mol. The number of nitrogens with one attached hydrogen (secondary N) is 1. The van der Waals surface area contributed by atoms with E-state index in [2.05, 4.69) is 32.3 Å². The molecule has 0 spiro atoms. The smallest absolute Gasteiger partial charge is 0.274 e. The third kappa shape index (κ3) is 4.61. The highest BCUT2D eigenvalue weighted by atomic mass is 16.2. The maximum absolute atomic E-state index is 12.8. The van der Waals surface area contributed by atoms with Crippen molar-refractivity contribution in [2.45, 2.75) is 44.6 Å². The van der Waals surface area contributed by atoms with E-state index in [0.29, 0.717) is 24.8 Å². The van der Waals surface area contributed by atoms with Gasteiger partial charge in [-0.2, -0.15) is 0 Å². The van der Waals surface area contributed by atoms with Gasteiger partial charge in [-0.25, -0.2) is 9.97 Å². The highest BCUT2D eigenvalue weighted by Crippen LogP contribution is 2.20. The van der Waals surface area contributed by atoms with Gasteiger partial charge in [-0.1, -0.05) is 43.9 Å². The second kappa shape index (κ2) is 9.04. The summed E-state index contributed by atoms with van der Waals surface area (Å²) in [6.07, 6.45) is 10.9. The van der Waals surface area contributed by atoms with Crippen molar-refractivity contribution in [3.8, 4) is 0 Å². The van der Waals surface area contributed by atoms with E-state index in [1.54, 1.807) is 12.4 Å². The molecule has 1 aromatic carbocycles. The molecule has 6 heteroatoms. The molecule has 1 aromatic heterocycles. The number of carbonyl (C=O) groups is 1. The van der Waals surface area contributed by atoms with Gasteiger partial charge in [-0.3, -0.25) is 4.79 Å². The molecule has 2 heterocycles. The summed E-state index contributed by atoms with van der Waals surface area (Å²) in [7, 11) is 0. The SMILES string of the molecule is O=C(c1cnc(NC2CCCCCC2)cn1)N1CCN(c2ccccc2)CC1. The molecule has 6 nitrogen and oxygen atoms in total. The Bertz CT molecular complexity index is 748. The van der Waals surface area contributed by atoms with E-state index in [9.17, 15) is 4.79 Å². The molecule has 1 aliphatic carbocycles. The van der Waals surface area contributed by atoms with Crippen LogP contribution in [0.3, 0.4) is 0 Å². The van der Waals surface area contributed by atoms with Gasteiger partial charge in [0.25, 0.3) is 5.91 Å². The first kappa shape index (κ1) is 18.7. The number of hydrogen-bond donors (Lipinski definition) is 1. The summed E-state index contributed by atoms with van der Waals surface area (Å²) in [4.78, 5) is 25.8. The maximum atomic E-state index is 12.8. The number of aromatic nitrogens is 2. The standard InChI is InChI=1S/C22H29N5O/c28-22(27-14-12-26(13-15-27)19-10-6-3-7-11-19)20-16-24-21(17-23-20)25-18-8-4-1-2-5-9-18/h3,6-7,10-11,16-18H,1-2,4-5,8-9,12-15H2,(H,24,25). The second-order valence-corrected chi connectivity index (χ2v) is 7.73. The van der Waals surface area contributed by atoms with Crippen LogP contribution >= 0.6 is 0 Å². The number of hydrogen-bond acceptors (Lipinski definition) is 5. The number of anilines is 2. The minimum Gasteiger partial charge on any atom is -0.368 e. The molecule has 1 saturated carbocycles. The predicted octanol–water partition coefficient (Wildman–Crippen LogP) is 3.57. The fraction of sp³-hybridized carbons (Fsp3) is 0.500. The molecule has 1 aliphatic heterocycles. The van der Waals surface area contributed by atoms with Gasteiger partial charge in [0.1, 0.15) is 11.5 Å². The number of amides is 1. The van der Waals surface area contributed by atoms with Crippen LogP contribution in [-0.4, -0.2) is 53.0 Å². The van der Waals surface area contributed by atoms with E-state index >= 15 is 0 Å². The Balaban J connectivity index is 1.31. The van der Waals surface area contributed by atoms with Crippen molar-refractivity contribution in [3.05, 3.63) is 48.4 Å². The molecular formula is C22H29N5O. The molecule has 2 aliphatic rings. The normalized spacial score (nSPS) is 18.6. The number of nitrogens with zero attached hydrogens (tertiary/aromatic N) is 4. The molecule has 28 heavy (non-hydrogen) atoms. The van der Waals surface area contributed by atoms with Crippen LogP contribution in [0.1, 0.15) is 49.0 Å². The van der Waals surface area contributed by atoms with E-state index in [1.165, 1.54) is 44.2 Å². The van der Waals surface area contributed by atoms with E-state index < -0.39 is 0 Å². The van der Waals surface area contributed by atoms with Gasteiger partial charge in [0.15, 0.2) is 0 Å². The Morgan fingerprint density at radius 1 is 0.893 bits per heavy atom. The van der Waals surface area contributed by atoms with Crippen LogP contribution in [0.4, 0.5) is 11.5 Å². The van der Waals surface area contributed by atoms with Gasteiger partial charge in [0.2, 0.25) is 0 Å². The summed E-state index contributed by atoms with van der Waals surface area (Å²) in [5.41, 5.74) is 1.64. The average Bonchev–Trinajstić information content (AvgIpc) is 3.03. The lowest BCUT2D eigenvalue weighted by Gasteiger charge is -2.35. The van der Waals surface area contributed by atoms with Gasteiger partial charge in [-0.15, -0.1) is 0 Å². The molecule has 0 radical (unpaired) electrons. The second-order valence-electron chi connectivity index (χ2n) is 7.73. The summed E-state index contributed by atoms with van der Waals surface area (Å²) in [5, 5.41) is 3.49. The van der Waals surface area contributed by atoms with Crippen molar-refractivity contribution in [2.75, 3.05) is 36.4 Å². The minimum absolute atomic E-state index is 0.0266. The van der Waals surface area contributed by atoms with Gasteiger partial charge in [-0.05, 0) is 25.0 Å². The number of piperazine rings is 1. The molecule has 1 saturated heterocycles. The van der Waals surface area contributed by atoms with Crippen molar-refractivity contribution < 1.29 is 4.79 Å². The van der Waals surface area contributed by atoms with Crippen LogP contribution in [-0.2, 0) is 0 Å². The number of para-hydroxylation sites is 1. The van der Waals surface area contributed by atoms with Crippen molar-refractivity contribution >= 4 is 17.4 Å². The topological polar surface area (TPSA) is 61.4 Å². The maximum Gasteiger partial charge on any atom is 0.274 e. The van der Waals surface area contributed by atoms with E-state index in [-0.39, 0.29) is 5.91 Å². The van der Waals surface area contributed by atoms with Crippen molar-refractivity contribution in [3.63, 3.8) is 0 Å². The number of rotatable bonds is 4. The van der Waals surface area contributed by atoms with Gasteiger partial charge in [0, 0.05) is 37.9 Å². The molecule has 0 atom stereocenters. The molecule has 2 fully saturated rings. The molecule has 148 valence electrons. The Labute approximate surface area is 167 Å². The first-order chi connectivity index (χ1) is 13.8. The highest BCUT2D eigenvalue weighted by Gasteiger charge is 2.23. The highest BCUT2D eigenvalue weighted by molar-refractivity contribution is 5.92. The quantitative estimate of drug-likeness (QED) is 0.823. The minimum atomic E-state index is -0.0266. The van der Waals surface area contributed by atoms with E-state index in [4.69, 9.17) is 0 Å². The van der Waals surface area contributed by atoms with Crippen LogP contribution in [0.15, 0.2) is 42.7 Å². The fourth-order valence-corrected chi connectivity index (χ4v) is 4.11. The zero-order valence-electron chi connectivity index (χ0n) is 16.4. The Morgan fingerprint density at radius 2 is 1.61 bits per heavy atom. The summed E-state index contributed by atoms with van der Waals surface area (Å²) in [6, 6.07) is 10.8. The first-order valence-corrected chi connectivity index (χ1v) is 10.5. The lowest BCUT2D eigenvalue weighted by atomic mass is 10.1. The van der Waals surface area contributed by atoms with Gasteiger partial charge < -0.3 is 15.1 Å². The number of carbonyl (C=O) groups excluding carboxylic acids is 1. The molecule has 4 rings (SSSR count). The zero-order valence-corrected chi connectivity index (χ0v) is 16.4. The Kier molecular flexibility index (Phi) is 6.04. The molecule has 2 aromatic rings. The van der Waals surface area contributed by atoms with Crippen LogP contribution in [0, 0.1) is 0 Å². The van der Waals surface area contributed by atoms with Gasteiger partial charge >= 0.3 is 0 Å². The molecule has 0 unspecified atom stereocenters. The Morgan fingerprint density at radius 3 is 2.25 bits per heavy atom. The largest absolute Gasteiger partial charge is 0.368 e. The zero-order chi connectivity index (χ0) is 19.2. The molecule has 1 N–H and O–H groups in total. The number of benzene rings is 1. The van der Waals surface area contributed by atoms with Crippen LogP contribution in [0.2, 0.25) is 0 Å².